The Morgan fingerprint density at radius 3 is 2.50 bits per heavy atom. The van der Waals surface area contributed by atoms with Crippen molar-refractivity contribution in [2.45, 2.75) is 83.1 Å². The molecule has 1 aromatic carbocycles. The topological polar surface area (TPSA) is 116 Å². The number of nitrogens with one attached hydrogen (secondary N) is 1. The lowest BCUT2D eigenvalue weighted by molar-refractivity contribution is -0.151. The van der Waals surface area contributed by atoms with Crippen LogP contribution in [0.2, 0.25) is 0 Å². The Bertz CT molecular complexity index is 1010. The first-order valence-electron chi connectivity index (χ1n) is 12.3. The second kappa shape index (κ2) is 11.1. The number of carboxylic acid groups (broad SMARTS) is 1. The third-order valence-electron chi connectivity index (χ3n) is 6.75. The van der Waals surface area contributed by atoms with E-state index in [2.05, 4.69) is 5.32 Å². The lowest BCUT2D eigenvalue weighted by Gasteiger charge is -2.43. The van der Waals surface area contributed by atoms with E-state index in [4.69, 9.17) is 4.74 Å². The van der Waals surface area contributed by atoms with E-state index in [0.29, 0.717) is 25.1 Å². The van der Waals surface area contributed by atoms with Gasteiger partial charge in [0.15, 0.2) is 0 Å². The van der Waals surface area contributed by atoms with Gasteiger partial charge in [0.1, 0.15) is 23.2 Å². The summed E-state index contributed by atoms with van der Waals surface area (Å²) in [6.45, 7) is 7.63. The lowest BCUT2D eigenvalue weighted by atomic mass is 9.89. The number of aliphatic carboxylic acids is 1. The van der Waals surface area contributed by atoms with E-state index in [0.717, 1.165) is 11.1 Å². The average molecular weight is 520 g/mol. The first kappa shape index (κ1) is 27.8. The van der Waals surface area contributed by atoms with Gasteiger partial charge in [0.05, 0.1) is 0 Å². The number of fused-ring (bicyclic) bond motifs is 1. The highest BCUT2D eigenvalue weighted by Crippen LogP contribution is 2.35. The zero-order valence-corrected chi connectivity index (χ0v) is 22.5. The Labute approximate surface area is 216 Å². The molecule has 2 aliphatic heterocycles. The maximum Gasteiger partial charge on any atom is 0.411 e. The zero-order valence-electron chi connectivity index (χ0n) is 21.7. The van der Waals surface area contributed by atoms with E-state index in [9.17, 15) is 24.3 Å². The summed E-state index contributed by atoms with van der Waals surface area (Å²) < 4.78 is 5.57. The van der Waals surface area contributed by atoms with Crippen molar-refractivity contribution in [3.63, 3.8) is 0 Å². The molecule has 9 nitrogen and oxygen atoms in total. The molecule has 3 atom stereocenters. The van der Waals surface area contributed by atoms with E-state index in [1.165, 1.54) is 21.6 Å². The molecular weight excluding hydrogens is 482 g/mol. The highest BCUT2D eigenvalue weighted by atomic mass is 32.2. The van der Waals surface area contributed by atoms with Gasteiger partial charge in [0.25, 0.3) is 0 Å². The first-order valence-corrected chi connectivity index (χ1v) is 13.7. The van der Waals surface area contributed by atoms with Gasteiger partial charge in [-0.15, -0.1) is 0 Å². The molecule has 3 rings (SSSR count). The predicted molar refractivity (Wildman–Crippen MR) is 138 cm³/mol. The minimum atomic E-state index is -1.17. The minimum Gasteiger partial charge on any atom is -0.480 e. The van der Waals surface area contributed by atoms with Crippen LogP contribution in [-0.4, -0.2) is 80.6 Å². The molecule has 0 bridgehead atoms. The van der Waals surface area contributed by atoms with Crippen LogP contribution >= 0.6 is 11.8 Å². The Balaban J connectivity index is 1.91. The van der Waals surface area contributed by atoms with Crippen LogP contribution in [0.1, 0.15) is 58.1 Å². The molecule has 198 valence electrons. The van der Waals surface area contributed by atoms with Gasteiger partial charge in [-0.2, -0.15) is 11.8 Å². The number of carbonyl (C=O) groups excluding carboxylic acids is 3. The number of benzene rings is 1. The van der Waals surface area contributed by atoms with Gasteiger partial charge in [-0.25, -0.2) is 9.59 Å². The summed E-state index contributed by atoms with van der Waals surface area (Å²) in [7, 11) is 0. The molecule has 0 unspecified atom stereocenters. The summed E-state index contributed by atoms with van der Waals surface area (Å²) in [4.78, 5) is 55.3. The molecule has 36 heavy (non-hydrogen) atoms. The quantitative estimate of drug-likeness (QED) is 0.569. The van der Waals surface area contributed by atoms with Crippen molar-refractivity contribution < 1.29 is 29.0 Å². The summed E-state index contributed by atoms with van der Waals surface area (Å²) >= 11 is 1.50. The molecule has 1 aromatic rings. The fourth-order valence-electron chi connectivity index (χ4n) is 4.84. The molecule has 0 saturated carbocycles. The van der Waals surface area contributed by atoms with Crippen LogP contribution in [0.4, 0.5) is 4.79 Å². The van der Waals surface area contributed by atoms with E-state index in [1.54, 1.807) is 27.7 Å². The summed E-state index contributed by atoms with van der Waals surface area (Å²) in [6, 6.07) is 5.68. The molecule has 2 aliphatic rings. The van der Waals surface area contributed by atoms with Crippen LogP contribution in [0, 0.1) is 0 Å². The number of hydrogen-bond acceptors (Lipinski definition) is 6. The van der Waals surface area contributed by atoms with Crippen LogP contribution < -0.4 is 5.32 Å². The third kappa shape index (κ3) is 6.14. The van der Waals surface area contributed by atoms with Crippen molar-refractivity contribution in [1.82, 2.24) is 15.1 Å². The Morgan fingerprint density at radius 1 is 1.22 bits per heavy atom. The Morgan fingerprint density at radius 2 is 1.89 bits per heavy atom. The summed E-state index contributed by atoms with van der Waals surface area (Å²) in [5.74, 6) is -1.37. The molecule has 0 aliphatic carbocycles. The van der Waals surface area contributed by atoms with E-state index in [1.807, 2.05) is 30.5 Å². The molecule has 0 radical (unpaired) electrons. The van der Waals surface area contributed by atoms with Crippen molar-refractivity contribution in [2.75, 3.05) is 18.6 Å². The monoisotopic (exact) mass is 519 g/mol. The standard InChI is InChI=1S/C26H37N3O6S/c1-25(2,3)35-24(34)29-13-8-12-26(29,4)23(33)28-16-18-10-7-6-9-17(18)15-20(28)21(30)27-19(22(31)32)11-14-36-5/h6-7,9-10,19-20H,8,11-16H2,1-5H3,(H,27,30)(H,31,32)/t19-,20+,26-/m0/s1. The van der Waals surface area contributed by atoms with Gasteiger partial charge in [-0.3, -0.25) is 14.5 Å². The molecule has 0 aromatic heterocycles. The molecule has 2 N–H and O–H groups in total. The SMILES string of the molecule is CSCC[C@H](NC(=O)[C@H]1Cc2ccccc2CN1C(=O)[C@]1(C)CCCN1C(=O)OC(C)(C)C)C(=O)O. The number of likely N-dealkylation sites (tertiary alicyclic amines) is 1. The number of nitrogens with zero attached hydrogens (tertiary/aromatic N) is 2. The summed E-state index contributed by atoms with van der Waals surface area (Å²) in [5.41, 5.74) is -0.00698. The normalized spacial score (nSPS) is 22.5. The van der Waals surface area contributed by atoms with Crippen molar-refractivity contribution in [1.29, 1.82) is 0 Å². The van der Waals surface area contributed by atoms with Crippen LogP contribution in [0.3, 0.4) is 0 Å². The smallest absolute Gasteiger partial charge is 0.411 e. The number of carbonyl (C=O) groups is 4. The number of rotatable bonds is 7. The number of amides is 3. The number of thioether (sulfide) groups is 1. The number of ether oxygens (including phenoxy) is 1. The van der Waals surface area contributed by atoms with E-state index in [-0.39, 0.29) is 25.3 Å². The molecular formula is C26H37N3O6S. The molecule has 3 amide bonds. The minimum absolute atomic E-state index is 0.202. The molecule has 0 spiro atoms. The van der Waals surface area contributed by atoms with Gasteiger partial charge in [0.2, 0.25) is 11.8 Å². The number of hydrogen-bond donors (Lipinski definition) is 2. The maximum atomic E-state index is 14.1. The van der Waals surface area contributed by atoms with Gasteiger partial charge < -0.3 is 20.1 Å². The Kier molecular flexibility index (Phi) is 8.59. The van der Waals surface area contributed by atoms with Crippen LogP contribution in [0.5, 0.6) is 0 Å². The number of carboxylic acids is 1. The van der Waals surface area contributed by atoms with Crippen LogP contribution in [0.15, 0.2) is 24.3 Å². The third-order valence-corrected chi connectivity index (χ3v) is 7.40. The van der Waals surface area contributed by atoms with E-state index < -0.39 is 41.2 Å². The van der Waals surface area contributed by atoms with Crippen molar-refractivity contribution >= 4 is 35.6 Å². The highest BCUT2D eigenvalue weighted by molar-refractivity contribution is 7.98. The van der Waals surface area contributed by atoms with Gasteiger partial charge in [-0.1, -0.05) is 24.3 Å². The predicted octanol–water partition coefficient (Wildman–Crippen LogP) is 3.05. The Hall–Kier alpha value is -2.75. The average Bonchev–Trinajstić information content (AvgIpc) is 3.21. The van der Waals surface area contributed by atoms with Crippen LogP contribution in [-0.2, 0) is 32.1 Å². The molecule has 10 heteroatoms. The highest BCUT2D eigenvalue weighted by Gasteiger charge is 2.51. The second-order valence-electron chi connectivity index (χ2n) is 10.6. The largest absolute Gasteiger partial charge is 0.480 e. The molecule has 1 saturated heterocycles. The maximum absolute atomic E-state index is 14.1. The fraction of sp³-hybridized carbons (Fsp3) is 0.615. The van der Waals surface area contributed by atoms with Gasteiger partial charge in [0, 0.05) is 19.5 Å². The van der Waals surface area contributed by atoms with Crippen molar-refractivity contribution in [3.05, 3.63) is 35.4 Å². The van der Waals surface area contributed by atoms with Gasteiger partial charge >= 0.3 is 12.1 Å². The lowest BCUT2D eigenvalue weighted by Crippen LogP contribution is -2.63. The van der Waals surface area contributed by atoms with E-state index >= 15 is 0 Å². The summed E-state index contributed by atoms with van der Waals surface area (Å²) in [5, 5.41) is 12.3. The summed E-state index contributed by atoms with van der Waals surface area (Å²) in [6.07, 6.45) is 2.95. The molecule has 1 fully saturated rings. The van der Waals surface area contributed by atoms with Crippen molar-refractivity contribution in [2.24, 2.45) is 0 Å². The van der Waals surface area contributed by atoms with Gasteiger partial charge in [-0.05, 0) is 70.1 Å². The fourth-order valence-corrected chi connectivity index (χ4v) is 5.31. The second-order valence-corrected chi connectivity index (χ2v) is 11.6. The zero-order chi connectivity index (χ0) is 26.7. The van der Waals surface area contributed by atoms with Crippen LogP contribution in [0.25, 0.3) is 0 Å². The molecule has 2 heterocycles. The van der Waals surface area contributed by atoms with Crippen molar-refractivity contribution in [3.8, 4) is 0 Å². The first-order chi connectivity index (χ1) is 16.9.